The number of quaternary nitrogens is 1. The van der Waals surface area contributed by atoms with Gasteiger partial charge in [-0.2, -0.15) is 0 Å². The van der Waals surface area contributed by atoms with Crippen LogP contribution >= 0.6 is 23.5 Å². The molecule has 0 radical (unpaired) electrons. The SMILES string of the molecule is CC(=O)[O-].CCN(CC)CCO.CN(C)C(=O)ON1C(=O)c2cccc3cccc(c23)C1=O.CN(C)c1ccccc1.C[N+](C)(C)C.Nc1ccccc1.O=C([O-])C(C(=O)[O-])C(=O)[O-].[OH-].c1ccc(Sc2ccc([S+](c3ccccc3)c3ccccc3)cc2)cc1.c1ccc(Sc2ccc([S+](c3ccccc3)c3ccccc3)cc2)cc1. The van der Waals surface area contributed by atoms with Gasteiger partial charge in [0.2, 0.25) is 0 Å². The Labute approximate surface area is 701 Å². The highest BCUT2D eigenvalue weighted by atomic mass is 32.2. The van der Waals surface area contributed by atoms with Crippen molar-refractivity contribution in [1.82, 2.24) is 14.9 Å². The highest BCUT2D eigenvalue weighted by molar-refractivity contribution is 7.99. The summed E-state index contributed by atoms with van der Waals surface area (Å²) >= 11 is 3.61. The number of aliphatic hydroxyl groups excluding tert-OH is 1. The molecule has 117 heavy (non-hydrogen) atoms. The number of benzene rings is 12. The minimum absolute atomic E-state index is 0. The maximum atomic E-state index is 12.4. The molecule has 0 bridgehead atoms. The fourth-order valence-corrected chi connectivity index (χ4v) is 15.8. The normalized spacial score (nSPS) is 10.7. The minimum atomic E-state index is -2.69. The van der Waals surface area contributed by atoms with Gasteiger partial charge in [0.15, 0.2) is 29.4 Å². The number of likely N-dealkylation sites (N-methyl/N-ethyl adjacent to an activating group) is 1. The number of nitrogens with two attached hydrogens (primary N) is 1. The van der Waals surface area contributed by atoms with Crippen LogP contribution in [-0.4, -0.2) is 154 Å². The van der Waals surface area contributed by atoms with Gasteiger partial charge in [-0.1, -0.05) is 212 Å². The van der Waals surface area contributed by atoms with Crippen LogP contribution in [0, 0.1) is 5.92 Å². The molecule has 1 aliphatic rings. The van der Waals surface area contributed by atoms with E-state index in [0.29, 0.717) is 21.6 Å². The zero-order valence-electron chi connectivity index (χ0n) is 67.3. The predicted octanol–water partition coefficient (Wildman–Crippen LogP) is 13.0. The highest BCUT2D eigenvalue weighted by Crippen LogP contribution is 2.37. The molecule has 612 valence electrons. The quantitative estimate of drug-likeness (QED) is 0.0250. The topological polar surface area (TPSA) is 310 Å². The van der Waals surface area contributed by atoms with Crippen LogP contribution in [0.3, 0.4) is 0 Å². The molecule has 12 aromatic carbocycles. The lowest BCUT2D eigenvalue weighted by Crippen LogP contribution is -2.52. The molecule has 20 nitrogen and oxygen atoms in total. The number of nitrogen functional groups attached to an aromatic ring is 1. The molecule has 3 amide bonds. The maximum absolute atomic E-state index is 12.4. The largest absolute Gasteiger partial charge is 0.870 e. The molecule has 1 aliphatic heterocycles. The maximum Gasteiger partial charge on any atom is 0.434 e. The standard InChI is InChI=1S/2C24H19S2.C15H12N2O4.C8H11N.C6H15NO.C6H7N.C4H12N.C4H4O6.C2H4O2.H2O/c2*1-4-10-20(11-5-1)25-21-16-18-24(19-17-21)26(22-12-6-2-7-13-22)23-14-8-3-9-15-23;1-16(2)15(20)21-17-13(18)10-7-3-5-9-6-4-8-11(12(9)10)14(17)19;1-9(2)8-6-4-3-5-7-8;1-3-7(4-2)5-6-8;7-6-4-2-1-3-5-6;1-5(2,3)4;5-2(6)1(3(7)8)4(9)10;1-2(3)4;/h2*1-19H;3-8H,1-2H3;3-7H,1-2H3;8H,3-6H2,1-2H3;1-5H,7H2;1-4H3;1H,(H,5,6)(H,7,8)(H,9,10);1H3,(H,3,4);1H2/q2*+1;;;;;+1;;;/p-5. The van der Waals surface area contributed by atoms with Gasteiger partial charge in [-0.25, -0.2) is 4.79 Å². The Bertz CT molecular complexity index is 4560. The van der Waals surface area contributed by atoms with Gasteiger partial charge >= 0.3 is 6.09 Å². The number of carbonyl (C=O) groups is 7. The van der Waals surface area contributed by atoms with Crippen LogP contribution in [0.2, 0.25) is 0 Å². The number of hydroxylamine groups is 2. The number of carboxylic acids is 4. The summed E-state index contributed by atoms with van der Waals surface area (Å²) in [6.45, 7) is 8.33. The second-order valence-electron chi connectivity index (χ2n) is 26.5. The van der Waals surface area contributed by atoms with E-state index in [-0.39, 0.29) is 33.9 Å². The first-order valence-electron chi connectivity index (χ1n) is 36.6. The van der Waals surface area contributed by atoms with Crippen LogP contribution < -0.4 is 31.1 Å². The van der Waals surface area contributed by atoms with Gasteiger partial charge < -0.3 is 79.9 Å². The van der Waals surface area contributed by atoms with Crippen molar-refractivity contribution in [3.05, 3.63) is 339 Å². The zero-order valence-corrected chi connectivity index (χ0v) is 70.6. The number of carbonyl (C=O) groups excluding carboxylic acids is 7. The fraction of sp³-hybridized carbons (Fsp3) is 0.172. The van der Waals surface area contributed by atoms with Gasteiger partial charge in [0.1, 0.15) is 0 Å². The molecular weight excluding hydrogens is 1550 g/mol. The van der Waals surface area contributed by atoms with Crippen LogP contribution in [0.4, 0.5) is 16.2 Å². The smallest absolute Gasteiger partial charge is 0.434 e. The van der Waals surface area contributed by atoms with E-state index in [4.69, 9.17) is 25.6 Å². The molecule has 0 unspecified atom stereocenters. The Morgan fingerprint density at radius 1 is 0.436 bits per heavy atom. The molecule has 0 atom stereocenters. The lowest BCUT2D eigenvalue weighted by Gasteiger charge is -2.26. The molecular formula is C93H100N6O14S4-2. The van der Waals surface area contributed by atoms with Crippen LogP contribution in [0.25, 0.3) is 10.8 Å². The van der Waals surface area contributed by atoms with Crippen LogP contribution in [0.1, 0.15) is 41.5 Å². The van der Waals surface area contributed by atoms with Crippen LogP contribution in [-0.2, 0) is 45.8 Å². The van der Waals surface area contributed by atoms with Crippen molar-refractivity contribution in [2.45, 2.75) is 69.7 Å². The second-order valence-corrected chi connectivity index (χ2v) is 32.8. The van der Waals surface area contributed by atoms with E-state index in [1.54, 1.807) is 47.8 Å². The number of anilines is 2. The molecule has 0 aliphatic carbocycles. The number of para-hydroxylation sites is 2. The molecule has 4 N–H and O–H groups in total. The fourth-order valence-electron chi connectivity index (χ4n) is 9.98. The highest BCUT2D eigenvalue weighted by Gasteiger charge is 2.37. The zero-order chi connectivity index (χ0) is 85.0. The molecule has 0 saturated carbocycles. The van der Waals surface area contributed by atoms with E-state index in [1.165, 1.54) is 68.7 Å². The van der Waals surface area contributed by atoms with Gasteiger partial charge in [-0.05, 0) is 183 Å². The summed E-state index contributed by atoms with van der Waals surface area (Å²) in [6.07, 6.45) is -0.789. The van der Waals surface area contributed by atoms with E-state index in [0.717, 1.165) is 47.0 Å². The molecule has 0 fully saturated rings. The summed E-state index contributed by atoms with van der Waals surface area (Å²) in [5.74, 6) is -11.8. The van der Waals surface area contributed by atoms with Crippen LogP contribution in [0.5, 0.6) is 0 Å². The van der Waals surface area contributed by atoms with E-state index < -0.39 is 47.7 Å². The number of aliphatic hydroxyl groups is 1. The third-order valence-corrected chi connectivity index (χ3v) is 21.8. The Morgan fingerprint density at radius 3 is 0.940 bits per heavy atom. The lowest BCUT2D eigenvalue weighted by molar-refractivity contribution is -0.849. The summed E-state index contributed by atoms with van der Waals surface area (Å²) in [4.78, 5) is 97.6. The molecule has 0 saturated heterocycles. The van der Waals surface area contributed by atoms with Gasteiger partial charge in [-0.3, -0.25) is 9.59 Å². The number of carboxylic acid groups (broad SMARTS) is 4. The predicted molar refractivity (Wildman–Crippen MR) is 460 cm³/mol. The Kier molecular flexibility index (Phi) is 43.7. The molecule has 13 rings (SSSR count). The van der Waals surface area contributed by atoms with Crippen molar-refractivity contribution in [2.75, 3.05) is 93.3 Å². The first-order valence-corrected chi connectivity index (χ1v) is 40.7. The summed E-state index contributed by atoms with van der Waals surface area (Å²) in [6, 6.07) is 112. The lowest BCUT2D eigenvalue weighted by atomic mass is 9.95. The van der Waals surface area contributed by atoms with Crippen molar-refractivity contribution in [2.24, 2.45) is 5.92 Å². The van der Waals surface area contributed by atoms with Crippen molar-refractivity contribution in [1.29, 1.82) is 0 Å². The first-order chi connectivity index (χ1) is 55.5. The number of imide groups is 1. The van der Waals surface area contributed by atoms with Crippen molar-refractivity contribution >= 4 is 109 Å². The number of rotatable bonds is 19. The average Bonchev–Trinajstić information content (AvgIpc) is 0.752. The van der Waals surface area contributed by atoms with Gasteiger partial charge in [0.05, 0.1) is 91.5 Å². The summed E-state index contributed by atoms with van der Waals surface area (Å²) in [5, 5.41) is 48.1. The summed E-state index contributed by atoms with van der Waals surface area (Å²) in [7, 11) is 15.4. The Hall–Kier alpha value is -12.0. The molecule has 1 heterocycles. The van der Waals surface area contributed by atoms with Gasteiger partial charge in [0.25, 0.3) is 11.8 Å². The van der Waals surface area contributed by atoms with E-state index in [9.17, 15) is 44.1 Å². The molecule has 0 spiro atoms. The number of hydrogen-bond acceptors (Lipinski definition) is 19. The number of hydrogen-bond donors (Lipinski definition) is 2. The van der Waals surface area contributed by atoms with Gasteiger partial charge in [-0.15, -0.1) is 0 Å². The third kappa shape index (κ3) is 35.3. The monoisotopic (exact) mass is 1650 g/mol. The van der Waals surface area contributed by atoms with E-state index in [2.05, 4.69) is 294 Å². The van der Waals surface area contributed by atoms with Gasteiger partial charge in [0, 0.05) is 77.0 Å². The van der Waals surface area contributed by atoms with Crippen LogP contribution in [0.15, 0.2) is 377 Å². The van der Waals surface area contributed by atoms with E-state index >= 15 is 0 Å². The van der Waals surface area contributed by atoms with Crippen molar-refractivity contribution in [3.63, 3.8) is 0 Å². The Balaban J connectivity index is 0.000000296. The number of aliphatic carboxylic acids is 4. The summed E-state index contributed by atoms with van der Waals surface area (Å²) < 4.78 is 1.00. The van der Waals surface area contributed by atoms with Crippen molar-refractivity contribution < 1.29 is 73.9 Å². The molecule has 12 aromatic rings. The summed E-state index contributed by atoms with van der Waals surface area (Å²) in [5.41, 5.74) is 8.11. The second kappa shape index (κ2) is 52.5. The minimum Gasteiger partial charge on any atom is -0.870 e. The van der Waals surface area contributed by atoms with Crippen molar-refractivity contribution in [3.8, 4) is 0 Å². The first kappa shape index (κ1) is 97.4. The molecule has 24 heteroatoms. The average molecular weight is 1650 g/mol. The number of nitrogens with zero attached hydrogens (tertiary/aromatic N) is 5. The Morgan fingerprint density at radius 2 is 0.709 bits per heavy atom. The van der Waals surface area contributed by atoms with E-state index in [1.807, 2.05) is 74.8 Å². The third-order valence-electron chi connectivity index (χ3n) is 15.4. The number of amides is 3. The molecule has 0 aromatic heterocycles.